The number of anilines is 1. The Bertz CT molecular complexity index is 1010. The average Bonchev–Trinajstić information content (AvgIpc) is 2.69. The number of hydrogen-bond acceptors (Lipinski definition) is 4. The minimum absolute atomic E-state index is 0.0292. The van der Waals surface area contributed by atoms with E-state index in [1.807, 2.05) is 0 Å². The van der Waals surface area contributed by atoms with Gasteiger partial charge < -0.3 is 10.5 Å². The molecule has 12 heteroatoms. The number of hydrogen-bond donors (Lipinski definition) is 1. The number of carbonyl (C=O) groups excluding carboxylic acids is 1. The van der Waals surface area contributed by atoms with Crippen molar-refractivity contribution < 1.29 is 35.9 Å². The fourth-order valence-corrected chi connectivity index (χ4v) is 3.03. The summed E-state index contributed by atoms with van der Waals surface area (Å²) in [5.41, 5.74) is 4.49. The molecular weight excluding hydrogens is 460 g/mol. The summed E-state index contributed by atoms with van der Waals surface area (Å²) in [7, 11) is 0. The highest BCUT2D eigenvalue weighted by molar-refractivity contribution is 8.00. The third kappa shape index (κ3) is 7.42. The molecule has 0 saturated heterocycles. The molecule has 0 aliphatic heterocycles. The van der Waals surface area contributed by atoms with E-state index >= 15 is 0 Å². The van der Waals surface area contributed by atoms with Crippen molar-refractivity contribution in [1.82, 2.24) is 0 Å². The maximum Gasteiger partial charge on any atom is 0.573 e. The Labute approximate surface area is 183 Å². The van der Waals surface area contributed by atoms with Crippen molar-refractivity contribution in [2.24, 2.45) is 10.8 Å². The fraction of sp³-hybridized carbons (Fsp3) is 0.200. The van der Waals surface area contributed by atoms with Crippen LogP contribution in [0.5, 0.6) is 5.75 Å². The van der Waals surface area contributed by atoms with Crippen LogP contribution in [0.4, 0.5) is 36.8 Å². The second-order valence-electron chi connectivity index (χ2n) is 6.01. The number of amides is 2. The number of ether oxygens (including phenoxy) is 1. The van der Waals surface area contributed by atoms with Crippen LogP contribution < -0.4 is 15.5 Å². The molecule has 0 aliphatic carbocycles. The van der Waals surface area contributed by atoms with Gasteiger partial charge in [0.2, 0.25) is 0 Å². The van der Waals surface area contributed by atoms with Crippen molar-refractivity contribution in [3.05, 3.63) is 59.7 Å². The summed E-state index contributed by atoms with van der Waals surface area (Å²) in [6.07, 6.45) is -4.32. The number of benzene rings is 2. The van der Waals surface area contributed by atoms with Crippen molar-refractivity contribution in [2.45, 2.75) is 12.5 Å². The molecule has 32 heavy (non-hydrogen) atoms. The van der Waals surface area contributed by atoms with Crippen LogP contribution in [-0.4, -0.2) is 29.6 Å². The number of rotatable bonds is 7. The summed E-state index contributed by atoms with van der Waals surface area (Å²) in [5.74, 6) is 2.07. The first kappa shape index (κ1) is 24.9. The smallest absolute Gasteiger partial charge is 0.406 e. The molecule has 0 atom stereocenters. The molecule has 0 radical (unpaired) electrons. The second-order valence-corrected chi connectivity index (χ2v) is 7.00. The number of urea groups is 1. The van der Waals surface area contributed by atoms with Crippen molar-refractivity contribution in [3.8, 4) is 18.1 Å². The highest BCUT2D eigenvalue weighted by atomic mass is 32.2. The number of alkyl halides is 6. The number of nitrogens with two attached hydrogens (primary N) is 1. The Hall–Kier alpha value is -3.33. The molecule has 0 bridgehead atoms. The fourth-order valence-electron chi connectivity index (χ4n) is 2.40. The number of carbonyl (C=O) groups is 1. The molecule has 2 aromatic rings. The van der Waals surface area contributed by atoms with Gasteiger partial charge in [-0.1, -0.05) is 18.1 Å². The van der Waals surface area contributed by atoms with Crippen LogP contribution in [0.15, 0.2) is 53.6 Å². The minimum Gasteiger partial charge on any atom is -0.406 e. The van der Waals surface area contributed by atoms with Gasteiger partial charge in [0, 0.05) is 5.75 Å². The molecule has 170 valence electrons. The van der Waals surface area contributed by atoms with Gasteiger partial charge in [0.1, 0.15) is 5.75 Å². The van der Waals surface area contributed by atoms with Gasteiger partial charge in [0.05, 0.1) is 22.7 Å². The molecule has 0 aromatic heterocycles. The van der Waals surface area contributed by atoms with Crippen LogP contribution in [-0.2, 0) is 6.18 Å². The van der Waals surface area contributed by atoms with Crippen LogP contribution >= 0.6 is 11.8 Å². The Morgan fingerprint density at radius 2 is 1.78 bits per heavy atom. The standard InChI is InChI=1S/C20H15F6N3O2S/c1-2-10-32-12-17(13-4-3-5-14(11-13)19(21,22)23)28-29(18(27)30)15-6-8-16(9-7-15)31-20(24,25)26/h1,3-9,11H,10,12H2,(H2,27,30)/b28-17-. The normalized spacial score (nSPS) is 12.2. The predicted molar refractivity (Wildman–Crippen MR) is 109 cm³/mol. The molecule has 2 rings (SSSR count). The van der Waals surface area contributed by atoms with Gasteiger partial charge >= 0.3 is 18.6 Å². The molecule has 0 spiro atoms. The first-order valence-electron chi connectivity index (χ1n) is 8.62. The summed E-state index contributed by atoms with van der Waals surface area (Å²) >= 11 is 1.16. The number of halogens is 6. The summed E-state index contributed by atoms with van der Waals surface area (Å²) in [6, 6.07) is 7.22. The third-order valence-electron chi connectivity index (χ3n) is 3.69. The Kier molecular flexibility index (Phi) is 8.04. The maximum absolute atomic E-state index is 13.1. The van der Waals surface area contributed by atoms with Gasteiger partial charge in [-0.2, -0.15) is 23.3 Å². The molecule has 2 N–H and O–H groups in total. The molecule has 5 nitrogen and oxygen atoms in total. The van der Waals surface area contributed by atoms with E-state index in [1.54, 1.807) is 0 Å². The number of terminal acetylenes is 1. The van der Waals surface area contributed by atoms with E-state index in [1.165, 1.54) is 12.1 Å². The van der Waals surface area contributed by atoms with Gasteiger partial charge in [-0.05, 0) is 42.0 Å². The van der Waals surface area contributed by atoms with Crippen LogP contribution in [0.25, 0.3) is 0 Å². The number of nitrogens with zero attached hydrogens (tertiary/aromatic N) is 2. The number of thioether (sulfide) groups is 1. The van der Waals surface area contributed by atoms with E-state index in [4.69, 9.17) is 12.2 Å². The number of hydrazone groups is 1. The first-order chi connectivity index (χ1) is 14.9. The van der Waals surface area contributed by atoms with Crippen molar-refractivity contribution in [3.63, 3.8) is 0 Å². The molecule has 0 unspecified atom stereocenters. The molecule has 0 fully saturated rings. The summed E-state index contributed by atoms with van der Waals surface area (Å²) in [5, 5.41) is 4.73. The Morgan fingerprint density at radius 1 is 1.12 bits per heavy atom. The zero-order valence-corrected chi connectivity index (χ0v) is 16.9. The quantitative estimate of drug-likeness (QED) is 0.195. The van der Waals surface area contributed by atoms with Crippen molar-refractivity contribution in [2.75, 3.05) is 16.5 Å². The zero-order chi connectivity index (χ0) is 23.9. The lowest BCUT2D eigenvalue weighted by molar-refractivity contribution is -0.274. The molecule has 0 aliphatic rings. The zero-order valence-electron chi connectivity index (χ0n) is 16.1. The summed E-state index contributed by atoms with van der Waals surface area (Å²) < 4.78 is 80.0. The second kappa shape index (κ2) is 10.3. The van der Waals surface area contributed by atoms with Gasteiger partial charge in [-0.15, -0.1) is 31.4 Å². The molecule has 2 aromatic carbocycles. The Morgan fingerprint density at radius 3 is 2.31 bits per heavy atom. The average molecular weight is 475 g/mol. The van der Waals surface area contributed by atoms with Gasteiger partial charge in [0.25, 0.3) is 0 Å². The van der Waals surface area contributed by atoms with Crippen LogP contribution in [0, 0.1) is 12.3 Å². The highest BCUT2D eigenvalue weighted by Crippen LogP contribution is 2.30. The minimum atomic E-state index is -4.91. The van der Waals surface area contributed by atoms with Gasteiger partial charge in [0.15, 0.2) is 0 Å². The summed E-state index contributed by atoms with van der Waals surface area (Å²) in [4.78, 5) is 11.9. The van der Waals surface area contributed by atoms with E-state index < -0.39 is 29.9 Å². The van der Waals surface area contributed by atoms with E-state index in [9.17, 15) is 31.1 Å². The monoisotopic (exact) mass is 475 g/mol. The Balaban J connectivity index is 2.45. The highest BCUT2D eigenvalue weighted by Gasteiger charge is 2.32. The number of primary amides is 1. The van der Waals surface area contributed by atoms with E-state index in [0.717, 1.165) is 48.2 Å². The van der Waals surface area contributed by atoms with Crippen LogP contribution in [0.3, 0.4) is 0 Å². The molecule has 2 amide bonds. The molecule has 0 saturated carbocycles. The predicted octanol–water partition coefficient (Wildman–Crippen LogP) is 5.26. The lowest BCUT2D eigenvalue weighted by atomic mass is 10.1. The lowest BCUT2D eigenvalue weighted by Gasteiger charge is -2.18. The van der Waals surface area contributed by atoms with E-state index in [2.05, 4.69) is 15.8 Å². The first-order valence-corrected chi connectivity index (χ1v) is 9.78. The summed E-state index contributed by atoms with van der Waals surface area (Å²) in [6.45, 7) is 0. The largest absolute Gasteiger partial charge is 0.573 e. The van der Waals surface area contributed by atoms with Crippen LogP contribution in [0.2, 0.25) is 0 Å². The lowest BCUT2D eigenvalue weighted by Crippen LogP contribution is -2.33. The maximum atomic E-state index is 13.1. The SMILES string of the molecule is C#CCSC/C(=N/N(C(N)=O)c1ccc(OC(F)(F)F)cc1)c1cccc(C(F)(F)F)c1. The third-order valence-corrected chi connectivity index (χ3v) is 4.54. The molecular formula is C20H15F6N3O2S. The van der Waals surface area contributed by atoms with Crippen LogP contribution in [0.1, 0.15) is 11.1 Å². The van der Waals surface area contributed by atoms with Gasteiger partial charge in [-0.25, -0.2) is 4.79 Å². The molecule has 0 heterocycles. The van der Waals surface area contributed by atoms with Gasteiger partial charge in [-0.3, -0.25) is 0 Å². The van der Waals surface area contributed by atoms with E-state index in [0.29, 0.717) is 5.01 Å². The van der Waals surface area contributed by atoms with Crippen molar-refractivity contribution in [1.29, 1.82) is 0 Å². The van der Waals surface area contributed by atoms with Crippen molar-refractivity contribution >= 4 is 29.2 Å². The van der Waals surface area contributed by atoms with E-state index in [-0.39, 0.29) is 28.5 Å². The topological polar surface area (TPSA) is 67.9 Å².